The van der Waals surface area contributed by atoms with E-state index >= 15 is 0 Å². The molecule has 7 heteroatoms. The van der Waals surface area contributed by atoms with Crippen LogP contribution in [0.25, 0.3) is 11.4 Å². The first-order valence-corrected chi connectivity index (χ1v) is 10.1. The number of nitrogens with zero attached hydrogens (tertiary/aromatic N) is 3. The van der Waals surface area contributed by atoms with Gasteiger partial charge in [0.2, 0.25) is 5.91 Å². The molecule has 5 nitrogen and oxygen atoms in total. The van der Waals surface area contributed by atoms with E-state index in [1.807, 2.05) is 47.9 Å². The van der Waals surface area contributed by atoms with Crippen LogP contribution < -0.4 is 5.32 Å². The molecule has 0 radical (unpaired) electrons. The number of hydrogen-bond acceptors (Lipinski definition) is 4. The molecule has 1 heterocycles. The first-order valence-electron chi connectivity index (χ1n) is 8.71. The highest BCUT2D eigenvalue weighted by Gasteiger charge is 2.14. The zero-order chi connectivity index (χ0) is 19.2. The second-order valence-corrected chi connectivity index (χ2v) is 7.49. The predicted octanol–water partition coefficient (Wildman–Crippen LogP) is 4.34. The van der Waals surface area contributed by atoms with Crippen molar-refractivity contribution >= 4 is 29.3 Å². The highest BCUT2D eigenvalue weighted by molar-refractivity contribution is 7.99. The molecule has 0 aliphatic rings. The molecule has 1 aromatic heterocycles. The Morgan fingerprint density at radius 3 is 2.67 bits per heavy atom. The number of carbonyl (C=O) groups excluding carboxylic acids is 1. The van der Waals surface area contributed by atoms with Gasteiger partial charge in [-0.1, -0.05) is 59.3 Å². The minimum Gasteiger partial charge on any atom is -0.351 e. The summed E-state index contributed by atoms with van der Waals surface area (Å²) in [6.45, 7) is 5.32. The number of aryl methyl sites for hydroxylation is 1. The predicted molar refractivity (Wildman–Crippen MR) is 110 cm³/mol. The lowest BCUT2D eigenvalue weighted by Gasteiger charge is -2.08. The smallest absolute Gasteiger partial charge is 0.230 e. The van der Waals surface area contributed by atoms with E-state index in [9.17, 15) is 4.79 Å². The van der Waals surface area contributed by atoms with Crippen LogP contribution in [0.1, 0.15) is 18.1 Å². The minimum atomic E-state index is -0.0438. The van der Waals surface area contributed by atoms with Crippen LogP contribution in [0.3, 0.4) is 0 Å². The summed E-state index contributed by atoms with van der Waals surface area (Å²) >= 11 is 7.26. The van der Waals surface area contributed by atoms with E-state index < -0.39 is 0 Å². The Labute approximate surface area is 168 Å². The molecule has 0 aliphatic carbocycles. The molecular formula is C20H21ClN4OS. The summed E-state index contributed by atoms with van der Waals surface area (Å²) in [5.41, 5.74) is 3.22. The van der Waals surface area contributed by atoms with Gasteiger partial charge in [0.1, 0.15) is 0 Å². The number of benzene rings is 2. The van der Waals surface area contributed by atoms with Crippen molar-refractivity contribution in [2.45, 2.75) is 32.1 Å². The van der Waals surface area contributed by atoms with E-state index in [1.165, 1.54) is 17.3 Å². The van der Waals surface area contributed by atoms with E-state index in [4.69, 9.17) is 11.6 Å². The van der Waals surface area contributed by atoms with Gasteiger partial charge in [-0.05, 0) is 37.6 Å². The third-order valence-corrected chi connectivity index (χ3v) is 5.26. The Kier molecular flexibility index (Phi) is 6.53. The third kappa shape index (κ3) is 5.11. The van der Waals surface area contributed by atoms with Crippen molar-refractivity contribution in [1.29, 1.82) is 0 Å². The van der Waals surface area contributed by atoms with Gasteiger partial charge in [-0.2, -0.15) is 0 Å². The molecule has 0 atom stereocenters. The molecular weight excluding hydrogens is 380 g/mol. The van der Waals surface area contributed by atoms with Crippen molar-refractivity contribution < 1.29 is 4.79 Å². The number of halogens is 1. The van der Waals surface area contributed by atoms with Crippen LogP contribution in [0.15, 0.2) is 53.7 Å². The lowest BCUT2D eigenvalue weighted by Crippen LogP contribution is -2.24. The summed E-state index contributed by atoms with van der Waals surface area (Å²) in [6.07, 6.45) is 0. The van der Waals surface area contributed by atoms with Crippen molar-refractivity contribution in [3.63, 3.8) is 0 Å². The number of hydrogen-bond donors (Lipinski definition) is 1. The van der Waals surface area contributed by atoms with Gasteiger partial charge in [-0.25, -0.2) is 0 Å². The number of amides is 1. The van der Waals surface area contributed by atoms with Crippen LogP contribution >= 0.6 is 23.4 Å². The van der Waals surface area contributed by atoms with Crippen LogP contribution in [-0.4, -0.2) is 26.4 Å². The summed E-state index contributed by atoms with van der Waals surface area (Å²) in [6, 6.07) is 15.6. The van der Waals surface area contributed by atoms with Crippen LogP contribution in [0.5, 0.6) is 0 Å². The van der Waals surface area contributed by atoms with Gasteiger partial charge in [0.25, 0.3) is 0 Å². The molecule has 0 unspecified atom stereocenters. The van der Waals surface area contributed by atoms with Crippen LogP contribution in [0.4, 0.5) is 0 Å². The topological polar surface area (TPSA) is 59.8 Å². The maximum atomic E-state index is 12.2. The Bertz CT molecular complexity index is 924. The van der Waals surface area contributed by atoms with Crippen LogP contribution in [-0.2, 0) is 17.9 Å². The Morgan fingerprint density at radius 2 is 1.96 bits per heavy atom. The fourth-order valence-corrected chi connectivity index (χ4v) is 3.62. The van der Waals surface area contributed by atoms with Gasteiger partial charge in [0.05, 0.1) is 5.75 Å². The van der Waals surface area contributed by atoms with Crippen molar-refractivity contribution in [2.75, 3.05) is 5.75 Å². The SMILES string of the molecule is CCn1c(SCC(=O)NCc2ccc(Cl)cc2)nnc1-c1cccc(C)c1. The summed E-state index contributed by atoms with van der Waals surface area (Å²) in [5.74, 6) is 1.07. The molecule has 0 bridgehead atoms. The summed E-state index contributed by atoms with van der Waals surface area (Å²) in [4.78, 5) is 12.2. The lowest BCUT2D eigenvalue weighted by atomic mass is 10.1. The normalized spacial score (nSPS) is 10.8. The second kappa shape index (κ2) is 9.06. The average molecular weight is 401 g/mol. The second-order valence-electron chi connectivity index (χ2n) is 6.11. The number of rotatable bonds is 7. The minimum absolute atomic E-state index is 0.0438. The van der Waals surface area contributed by atoms with E-state index in [-0.39, 0.29) is 5.91 Å². The largest absolute Gasteiger partial charge is 0.351 e. The summed E-state index contributed by atoms with van der Waals surface area (Å²) in [5, 5.41) is 12.9. The van der Waals surface area contributed by atoms with E-state index in [0.717, 1.165) is 28.7 Å². The first kappa shape index (κ1) is 19.5. The molecule has 3 aromatic rings. The Balaban J connectivity index is 1.60. The van der Waals surface area contributed by atoms with E-state index in [1.54, 1.807) is 0 Å². The molecule has 140 valence electrons. The monoisotopic (exact) mass is 400 g/mol. The molecule has 3 rings (SSSR count). The molecule has 2 aromatic carbocycles. The maximum Gasteiger partial charge on any atom is 0.230 e. The quantitative estimate of drug-likeness (QED) is 0.599. The molecule has 27 heavy (non-hydrogen) atoms. The molecule has 0 saturated heterocycles. The molecule has 0 saturated carbocycles. The van der Waals surface area contributed by atoms with Crippen molar-refractivity contribution in [1.82, 2.24) is 20.1 Å². The number of carbonyl (C=O) groups is 1. The van der Waals surface area contributed by atoms with Crippen molar-refractivity contribution in [2.24, 2.45) is 0 Å². The molecule has 1 amide bonds. The van der Waals surface area contributed by atoms with Gasteiger partial charge in [0, 0.05) is 23.7 Å². The van der Waals surface area contributed by atoms with E-state index in [2.05, 4.69) is 34.6 Å². The average Bonchev–Trinajstić information content (AvgIpc) is 3.09. The molecule has 0 fully saturated rings. The van der Waals surface area contributed by atoms with Crippen LogP contribution in [0.2, 0.25) is 5.02 Å². The van der Waals surface area contributed by atoms with Gasteiger partial charge < -0.3 is 9.88 Å². The highest BCUT2D eigenvalue weighted by Crippen LogP contribution is 2.24. The van der Waals surface area contributed by atoms with E-state index in [0.29, 0.717) is 17.3 Å². The lowest BCUT2D eigenvalue weighted by molar-refractivity contribution is -0.118. The number of nitrogens with one attached hydrogen (secondary N) is 1. The molecule has 0 aliphatic heterocycles. The fourth-order valence-electron chi connectivity index (χ4n) is 2.66. The zero-order valence-corrected chi connectivity index (χ0v) is 16.8. The van der Waals surface area contributed by atoms with Gasteiger partial charge in [-0.15, -0.1) is 10.2 Å². The summed E-state index contributed by atoms with van der Waals surface area (Å²) in [7, 11) is 0. The van der Waals surface area contributed by atoms with Gasteiger partial charge in [0.15, 0.2) is 11.0 Å². The third-order valence-electron chi connectivity index (χ3n) is 4.04. The van der Waals surface area contributed by atoms with Crippen molar-refractivity contribution in [3.05, 3.63) is 64.7 Å². The Hall–Kier alpha value is -2.31. The van der Waals surface area contributed by atoms with Crippen molar-refractivity contribution in [3.8, 4) is 11.4 Å². The van der Waals surface area contributed by atoms with Gasteiger partial charge in [-0.3, -0.25) is 4.79 Å². The molecule has 0 spiro atoms. The number of thioether (sulfide) groups is 1. The molecule has 1 N–H and O–H groups in total. The Morgan fingerprint density at radius 1 is 1.19 bits per heavy atom. The first-order chi connectivity index (χ1) is 13.1. The maximum absolute atomic E-state index is 12.2. The standard InChI is InChI=1S/C20H21ClN4OS/c1-3-25-19(16-6-4-5-14(2)11-16)23-24-20(25)27-13-18(26)22-12-15-7-9-17(21)10-8-15/h4-11H,3,12-13H2,1-2H3,(H,22,26). The summed E-state index contributed by atoms with van der Waals surface area (Å²) < 4.78 is 2.03. The zero-order valence-electron chi connectivity index (χ0n) is 15.3. The van der Waals surface area contributed by atoms with Gasteiger partial charge >= 0.3 is 0 Å². The van der Waals surface area contributed by atoms with Crippen LogP contribution in [0, 0.1) is 6.92 Å². The number of aromatic nitrogens is 3. The highest BCUT2D eigenvalue weighted by atomic mass is 35.5. The fraction of sp³-hybridized carbons (Fsp3) is 0.250.